The van der Waals surface area contributed by atoms with E-state index in [0.29, 0.717) is 12.3 Å². The van der Waals surface area contributed by atoms with Crippen molar-refractivity contribution in [3.63, 3.8) is 0 Å². The zero-order valence-corrected chi connectivity index (χ0v) is 6.47. The topological polar surface area (TPSA) is 35.4 Å². The molecule has 2 heteroatoms. The average molecular weight is 140 g/mol. The Kier molecular flexibility index (Phi) is 2.72. The van der Waals surface area contributed by atoms with Gasteiger partial charge in [-0.05, 0) is 18.2 Å². The van der Waals surface area contributed by atoms with E-state index in [1.54, 1.807) is 7.05 Å². The lowest BCUT2D eigenvalue weighted by Crippen LogP contribution is -2.20. The van der Waals surface area contributed by atoms with Gasteiger partial charge in [0.25, 0.3) is 0 Å². The first-order chi connectivity index (χ1) is 4.83. The largest absolute Gasteiger partial charge is 0.862 e. The fraction of sp³-hybridized carbons (Fsp3) is 0.875. The molecule has 10 heavy (non-hydrogen) atoms. The molecule has 0 N–H and O–H groups in total. The van der Waals surface area contributed by atoms with E-state index in [9.17, 15) is 5.11 Å². The van der Waals surface area contributed by atoms with E-state index in [2.05, 4.69) is 4.99 Å². The Balaban J connectivity index is 2.24. The summed E-state index contributed by atoms with van der Waals surface area (Å²) >= 11 is 0. The number of rotatable bonds is 2. The first-order valence-corrected chi connectivity index (χ1v) is 3.95. The Morgan fingerprint density at radius 1 is 1.50 bits per heavy atom. The van der Waals surface area contributed by atoms with Gasteiger partial charge in [-0.3, -0.25) is 0 Å². The monoisotopic (exact) mass is 140 g/mol. The molecule has 0 bridgehead atoms. The van der Waals surface area contributed by atoms with Crippen LogP contribution in [0.3, 0.4) is 0 Å². The SMILES string of the molecule is CN=C([O-])CC1CCCC1. The second kappa shape index (κ2) is 3.59. The number of nitrogens with zero attached hydrogens (tertiary/aromatic N) is 1. The lowest BCUT2D eigenvalue weighted by molar-refractivity contribution is -0.219. The third-order valence-corrected chi connectivity index (χ3v) is 2.19. The molecule has 0 aromatic carbocycles. The summed E-state index contributed by atoms with van der Waals surface area (Å²) in [5.74, 6) is 0.725. The maximum absolute atomic E-state index is 10.8. The zero-order chi connectivity index (χ0) is 7.40. The van der Waals surface area contributed by atoms with Crippen molar-refractivity contribution in [2.24, 2.45) is 10.9 Å². The van der Waals surface area contributed by atoms with Crippen LogP contribution in [0.4, 0.5) is 0 Å². The normalized spacial score (nSPS) is 21.9. The maximum atomic E-state index is 10.8. The molecule has 0 amide bonds. The van der Waals surface area contributed by atoms with Crippen LogP contribution >= 0.6 is 0 Å². The van der Waals surface area contributed by atoms with Gasteiger partial charge in [-0.25, -0.2) is 0 Å². The highest BCUT2D eigenvalue weighted by Crippen LogP contribution is 2.26. The van der Waals surface area contributed by atoms with Gasteiger partial charge in [0, 0.05) is 7.05 Å². The fourth-order valence-electron chi connectivity index (χ4n) is 1.55. The van der Waals surface area contributed by atoms with Crippen molar-refractivity contribution in [3.8, 4) is 0 Å². The van der Waals surface area contributed by atoms with Crippen molar-refractivity contribution in [2.75, 3.05) is 7.05 Å². The van der Waals surface area contributed by atoms with Crippen LogP contribution in [0.25, 0.3) is 0 Å². The van der Waals surface area contributed by atoms with Gasteiger partial charge in [0.05, 0.1) is 0 Å². The summed E-state index contributed by atoms with van der Waals surface area (Å²) in [4.78, 5) is 3.61. The summed E-state index contributed by atoms with van der Waals surface area (Å²) < 4.78 is 0. The summed E-state index contributed by atoms with van der Waals surface area (Å²) in [5.41, 5.74) is 0. The summed E-state index contributed by atoms with van der Waals surface area (Å²) in [6.07, 6.45) is 5.78. The predicted octanol–water partition coefficient (Wildman–Crippen LogP) is 0.955. The van der Waals surface area contributed by atoms with Crippen LogP contribution in [0.1, 0.15) is 32.1 Å². The standard InChI is InChI=1S/C8H15NO/c1-9-8(10)6-7-4-2-3-5-7/h7H,2-6H2,1H3,(H,9,10)/p-1. The van der Waals surface area contributed by atoms with E-state index in [1.165, 1.54) is 25.7 Å². The molecule has 0 heterocycles. The number of hydrogen-bond acceptors (Lipinski definition) is 2. The third-order valence-electron chi connectivity index (χ3n) is 2.19. The van der Waals surface area contributed by atoms with E-state index in [-0.39, 0.29) is 5.90 Å². The minimum Gasteiger partial charge on any atom is -0.862 e. The smallest absolute Gasteiger partial charge is 0.0265 e. The first kappa shape index (κ1) is 7.58. The van der Waals surface area contributed by atoms with Crippen LogP contribution < -0.4 is 5.11 Å². The van der Waals surface area contributed by atoms with E-state index in [4.69, 9.17) is 0 Å². The molecule has 0 aliphatic heterocycles. The summed E-state index contributed by atoms with van der Waals surface area (Å²) in [7, 11) is 1.58. The molecular weight excluding hydrogens is 126 g/mol. The van der Waals surface area contributed by atoms with Crippen molar-refractivity contribution < 1.29 is 5.11 Å². The van der Waals surface area contributed by atoms with Gasteiger partial charge in [0.1, 0.15) is 0 Å². The molecule has 0 aromatic heterocycles. The van der Waals surface area contributed by atoms with Gasteiger partial charge >= 0.3 is 0 Å². The molecule has 0 radical (unpaired) electrons. The minimum absolute atomic E-state index is 0.0758. The average Bonchev–Trinajstić information content (AvgIpc) is 2.40. The van der Waals surface area contributed by atoms with Gasteiger partial charge in [-0.1, -0.05) is 25.7 Å². The van der Waals surface area contributed by atoms with E-state index >= 15 is 0 Å². The van der Waals surface area contributed by atoms with Gasteiger partial charge in [0.15, 0.2) is 0 Å². The molecule has 0 aromatic rings. The van der Waals surface area contributed by atoms with E-state index < -0.39 is 0 Å². The van der Waals surface area contributed by atoms with Crippen LogP contribution in [0, 0.1) is 5.92 Å². The number of aliphatic imine (C=N–C) groups is 1. The Hall–Kier alpha value is -0.530. The second-order valence-electron chi connectivity index (χ2n) is 2.97. The summed E-state index contributed by atoms with van der Waals surface area (Å²) in [6.45, 7) is 0. The van der Waals surface area contributed by atoms with Crippen LogP contribution in [0.15, 0.2) is 4.99 Å². The van der Waals surface area contributed by atoms with Crippen molar-refractivity contribution in [1.29, 1.82) is 0 Å². The molecule has 1 saturated carbocycles. The molecule has 1 fully saturated rings. The molecule has 0 unspecified atom stereocenters. The fourth-order valence-corrected chi connectivity index (χ4v) is 1.55. The molecular formula is C8H14NO-. The number of hydrogen-bond donors (Lipinski definition) is 0. The molecule has 1 aliphatic carbocycles. The Bertz CT molecular complexity index is 125. The van der Waals surface area contributed by atoms with Gasteiger partial charge < -0.3 is 10.1 Å². The van der Waals surface area contributed by atoms with Crippen LogP contribution in [-0.4, -0.2) is 12.9 Å². The molecule has 1 aliphatic rings. The lowest BCUT2D eigenvalue weighted by Gasteiger charge is -2.13. The van der Waals surface area contributed by atoms with Crippen molar-refractivity contribution in [1.82, 2.24) is 0 Å². The van der Waals surface area contributed by atoms with E-state index in [1.807, 2.05) is 0 Å². The second-order valence-corrected chi connectivity index (χ2v) is 2.97. The van der Waals surface area contributed by atoms with Crippen LogP contribution in [-0.2, 0) is 0 Å². The lowest BCUT2D eigenvalue weighted by atomic mass is 10.0. The predicted molar refractivity (Wildman–Crippen MR) is 39.9 cm³/mol. The molecule has 1 rings (SSSR count). The Labute approximate surface area is 62.0 Å². The highest BCUT2D eigenvalue weighted by atomic mass is 16.3. The molecule has 0 saturated heterocycles. The maximum Gasteiger partial charge on any atom is 0.0265 e. The van der Waals surface area contributed by atoms with Gasteiger partial charge in [0.2, 0.25) is 0 Å². The molecule has 2 nitrogen and oxygen atoms in total. The molecule has 0 atom stereocenters. The van der Waals surface area contributed by atoms with Crippen molar-refractivity contribution >= 4 is 5.90 Å². The zero-order valence-electron chi connectivity index (χ0n) is 6.47. The first-order valence-electron chi connectivity index (χ1n) is 3.95. The van der Waals surface area contributed by atoms with Gasteiger partial charge in [-0.2, -0.15) is 0 Å². The molecule has 58 valence electrons. The minimum atomic E-state index is 0.0758. The highest BCUT2D eigenvalue weighted by molar-refractivity contribution is 5.71. The van der Waals surface area contributed by atoms with Crippen molar-refractivity contribution in [2.45, 2.75) is 32.1 Å². The summed E-state index contributed by atoms with van der Waals surface area (Å²) in [6, 6.07) is 0. The van der Waals surface area contributed by atoms with Gasteiger partial charge in [-0.15, -0.1) is 0 Å². The molecule has 0 spiro atoms. The van der Waals surface area contributed by atoms with E-state index in [0.717, 1.165) is 0 Å². The van der Waals surface area contributed by atoms with Crippen LogP contribution in [0.5, 0.6) is 0 Å². The summed E-state index contributed by atoms with van der Waals surface area (Å²) in [5, 5.41) is 10.8. The quantitative estimate of drug-likeness (QED) is 0.415. The van der Waals surface area contributed by atoms with Crippen molar-refractivity contribution in [3.05, 3.63) is 0 Å². The third kappa shape index (κ3) is 2.01. The highest BCUT2D eigenvalue weighted by Gasteiger charge is 2.13. The van der Waals surface area contributed by atoms with Crippen LogP contribution in [0.2, 0.25) is 0 Å². The Morgan fingerprint density at radius 3 is 2.60 bits per heavy atom. The Morgan fingerprint density at radius 2 is 2.10 bits per heavy atom.